The zero-order valence-corrected chi connectivity index (χ0v) is 10.7. The van der Waals surface area contributed by atoms with Crippen molar-refractivity contribution in [1.29, 1.82) is 0 Å². The van der Waals surface area contributed by atoms with Crippen molar-refractivity contribution in [2.24, 2.45) is 0 Å². The second kappa shape index (κ2) is 5.74. The lowest BCUT2D eigenvalue weighted by Crippen LogP contribution is -2.14. The maximum absolute atomic E-state index is 11.5. The third-order valence-corrected chi connectivity index (χ3v) is 3.33. The molecule has 88 valence electrons. The average Bonchev–Trinajstić information content (AvgIpc) is 2.79. The van der Waals surface area contributed by atoms with Crippen LogP contribution >= 0.6 is 23.1 Å². The van der Waals surface area contributed by atoms with Gasteiger partial charge in [0.2, 0.25) is 5.91 Å². The molecule has 2 aromatic rings. The van der Waals surface area contributed by atoms with Crippen LogP contribution in [0.25, 0.3) is 0 Å². The first-order valence-corrected chi connectivity index (χ1v) is 6.72. The van der Waals surface area contributed by atoms with Crippen molar-refractivity contribution in [3.63, 3.8) is 0 Å². The maximum atomic E-state index is 11.5. The number of aromatic nitrogens is 3. The lowest BCUT2D eigenvalue weighted by molar-refractivity contribution is -0.113. The van der Waals surface area contributed by atoms with Crippen molar-refractivity contribution >= 4 is 34.1 Å². The van der Waals surface area contributed by atoms with E-state index >= 15 is 0 Å². The Morgan fingerprint density at radius 1 is 1.47 bits per heavy atom. The van der Waals surface area contributed by atoms with Gasteiger partial charge in [-0.25, -0.2) is 15.0 Å². The highest BCUT2D eigenvalue weighted by molar-refractivity contribution is 7.99. The minimum absolute atomic E-state index is 0.102. The molecule has 0 aliphatic rings. The Labute approximate surface area is 107 Å². The number of hydrogen-bond acceptors (Lipinski definition) is 6. The fourth-order valence-corrected chi connectivity index (χ4v) is 2.29. The molecule has 0 atom stereocenters. The van der Waals surface area contributed by atoms with Gasteiger partial charge in [-0.05, 0) is 13.0 Å². The number of thioether (sulfide) groups is 1. The summed E-state index contributed by atoms with van der Waals surface area (Å²) in [6.45, 7) is 1.89. The highest BCUT2D eigenvalue weighted by atomic mass is 32.2. The molecule has 0 radical (unpaired) electrons. The number of nitrogens with zero attached hydrogens (tertiary/aromatic N) is 3. The standard InChI is InChI=1S/C10H10N4OS2/c1-7-2-3-11-9(13-7)17-6-8(15)14-10-12-4-5-16-10/h2-5H,6H2,1H3,(H,12,14,15). The molecule has 17 heavy (non-hydrogen) atoms. The molecule has 0 aliphatic heterocycles. The van der Waals surface area contributed by atoms with Gasteiger partial charge in [-0.3, -0.25) is 4.79 Å². The predicted octanol–water partition coefficient (Wildman–Crippen LogP) is 1.97. The van der Waals surface area contributed by atoms with Gasteiger partial charge in [0.15, 0.2) is 10.3 Å². The number of nitrogens with one attached hydrogen (secondary N) is 1. The second-order valence-corrected chi connectivity index (χ2v) is 4.99. The number of carbonyl (C=O) groups excluding carboxylic acids is 1. The van der Waals surface area contributed by atoms with E-state index in [0.717, 1.165) is 5.69 Å². The van der Waals surface area contributed by atoms with Crippen LogP contribution in [0.1, 0.15) is 5.69 Å². The van der Waals surface area contributed by atoms with E-state index in [-0.39, 0.29) is 11.7 Å². The quantitative estimate of drug-likeness (QED) is 0.677. The molecule has 2 heterocycles. The smallest absolute Gasteiger partial charge is 0.236 e. The fourth-order valence-electron chi connectivity index (χ4n) is 1.07. The first-order valence-electron chi connectivity index (χ1n) is 4.86. The topological polar surface area (TPSA) is 67.8 Å². The van der Waals surface area contributed by atoms with Gasteiger partial charge in [0.1, 0.15) is 0 Å². The third-order valence-electron chi connectivity index (χ3n) is 1.78. The minimum atomic E-state index is -0.102. The summed E-state index contributed by atoms with van der Waals surface area (Å²) in [5, 5.41) is 5.73. The molecule has 0 saturated carbocycles. The summed E-state index contributed by atoms with van der Waals surface area (Å²) in [6, 6.07) is 1.82. The van der Waals surface area contributed by atoms with Crippen LogP contribution in [-0.2, 0) is 4.79 Å². The van der Waals surface area contributed by atoms with Crippen molar-refractivity contribution < 1.29 is 4.79 Å². The molecule has 7 heteroatoms. The summed E-state index contributed by atoms with van der Waals surface area (Å²) in [7, 11) is 0. The van der Waals surface area contributed by atoms with Crippen LogP contribution in [-0.4, -0.2) is 26.6 Å². The Kier molecular flexibility index (Phi) is 4.05. The lowest BCUT2D eigenvalue weighted by atomic mass is 10.5. The van der Waals surface area contributed by atoms with E-state index in [9.17, 15) is 4.79 Å². The van der Waals surface area contributed by atoms with Crippen LogP contribution in [0.2, 0.25) is 0 Å². The molecule has 0 aromatic carbocycles. The molecule has 0 bridgehead atoms. The first-order chi connectivity index (χ1) is 8.24. The van der Waals surface area contributed by atoms with Crippen LogP contribution in [0.3, 0.4) is 0 Å². The molecule has 2 aromatic heterocycles. The van der Waals surface area contributed by atoms with Crippen LogP contribution in [0.4, 0.5) is 5.13 Å². The highest BCUT2D eigenvalue weighted by Gasteiger charge is 2.06. The molecule has 1 amide bonds. The van der Waals surface area contributed by atoms with Crippen molar-refractivity contribution in [3.8, 4) is 0 Å². The van der Waals surface area contributed by atoms with Gasteiger partial charge in [-0.15, -0.1) is 11.3 Å². The Hall–Kier alpha value is -1.47. The predicted molar refractivity (Wildman–Crippen MR) is 68.2 cm³/mol. The van der Waals surface area contributed by atoms with E-state index in [1.165, 1.54) is 23.1 Å². The molecule has 0 aliphatic carbocycles. The average molecular weight is 266 g/mol. The summed E-state index contributed by atoms with van der Waals surface area (Å²) >= 11 is 2.70. The van der Waals surface area contributed by atoms with Gasteiger partial charge in [-0.1, -0.05) is 11.8 Å². The zero-order chi connectivity index (χ0) is 12.1. The Bertz CT molecular complexity index is 501. The zero-order valence-electron chi connectivity index (χ0n) is 9.08. The Morgan fingerprint density at radius 2 is 2.35 bits per heavy atom. The van der Waals surface area contributed by atoms with E-state index in [1.54, 1.807) is 12.4 Å². The van der Waals surface area contributed by atoms with Crippen LogP contribution in [0, 0.1) is 6.92 Å². The number of thiazole rings is 1. The van der Waals surface area contributed by atoms with Gasteiger partial charge < -0.3 is 5.32 Å². The van der Waals surface area contributed by atoms with Crippen molar-refractivity contribution in [2.45, 2.75) is 12.1 Å². The molecule has 0 spiro atoms. The molecular formula is C10H10N4OS2. The summed E-state index contributed by atoms with van der Waals surface area (Å²) < 4.78 is 0. The van der Waals surface area contributed by atoms with Crippen molar-refractivity contribution in [1.82, 2.24) is 15.0 Å². The van der Waals surface area contributed by atoms with E-state index in [0.29, 0.717) is 10.3 Å². The normalized spacial score (nSPS) is 10.2. The fraction of sp³-hybridized carbons (Fsp3) is 0.200. The van der Waals surface area contributed by atoms with Gasteiger partial charge in [0.05, 0.1) is 5.75 Å². The molecule has 0 saturated heterocycles. The van der Waals surface area contributed by atoms with Gasteiger partial charge in [-0.2, -0.15) is 0 Å². The van der Waals surface area contributed by atoms with E-state index < -0.39 is 0 Å². The van der Waals surface area contributed by atoms with Gasteiger partial charge in [0, 0.05) is 23.5 Å². The molecule has 1 N–H and O–H groups in total. The maximum Gasteiger partial charge on any atom is 0.236 e. The Balaban J connectivity index is 1.84. The molecule has 0 unspecified atom stereocenters. The third kappa shape index (κ3) is 3.79. The van der Waals surface area contributed by atoms with Crippen LogP contribution in [0.15, 0.2) is 29.0 Å². The largest absolute Gasteiger partial charge is 0.301 e. The molecule has 5 nitrogen and oxygen atoms in total. The van der Waals surface area contributed by atoms with Gasteiger partial charge in [0.25, 0.3) is 0 Å². The number of carbonyl (C=O) groups is 1. The van der Waals surface area contributed by atoms with Crippen molar-refractivity contribution in [2.75, 3.05) is 11.1 Å². The monoisotopic (exact) mass is 266 g/mol. The summed E-state index contributed by atoms with van der Waals surface area (Å²) in [6.07, 6.45) is 3.33. The number of hydrogen-bond donors (Lipinski definition) is 1. The van der Waals surface area contributed by atoms with Crippen LogP contribution in [0.5, 0.6) is 0 Å². The number of anilines is 1. The summed E-state index contributed by atoms with van der Waals surface area (Å²) in [5.41, 5.74) is 0.892. The Morgan fingerprint density at radius 3 is 3.06 bits per heavy atom. The SMILES string of the molecule is Cc1ccnc(SCC(=O)Nc2nccs2)n1. The van der Waals surface area contributed by atoms with Crippen LogP contribution < -0.4 is 5.32 Å². The summed E-state index contributed by atoms with van der Waals surface area (Å²) in [5.74, 6) is 0.179. The van der Waals surface area contributed by atoms with E-state index in [4.69, 9.17) is 0 Å². The second-order valence-electron chi connectivity index (χ2n) is 3.15. The highest BCUT2D eigenvalue weighted by Crippen LogP contribution is 2.14. The van der Waals surface area contributed by atoms with E-state index in [1.807, 2.05) is 18.4 Å². The molecule has 0 fully saturated rings. The molecule has 2 rings (SSSR count). The van der Waals surface area contributed by atoms with Crippen molar-refractivity contribution in [3.05, 3.63) is 29.5 Å². The lowest BCUT2D eigenvalue weighted by Gasteiger charge is -2.01. The molecular weight excluding hydrogens is 256 g/mol. The number of aryl methyl sites for hydroxylation is 1. The van der Waals surface area contributed by atoms with Gasteiger partial charge >= 0.3 is 0 Å². The number of amides is 1. The first kappa shape index (κ1) is 12.0. The van der Waals surface area contributed by atoms with E-state index in [2.05, 4.69) is 20.3 Å². The summed E-state index contributed by atoms with van der Waals surface area (Å²) in [4.78, 5) is 23.8. The minimum Gasteiger partial charge on any atom is -0.301 e. The number of rotatable bonds is 4.